The highest BCUT2D eigenvalue weighted by atomic mass is 79.9. The Morgan fingerprint density at radius 3 is 2.45 bits per heavy atom. The highest BCUT2D eigenvalue weighted by molar-refractivity contribution is 9.11. The Bertz CT molecular complexity index is 1050. The lowest BCUT2D eigenvalue weighted by Crippen LogP contribution is -2.18. The van der Waals surface area contributed by atoms with Gasteiger partial charge in [-0.2, -0.15) is 5.10 Å². The summed E-state index contributed by atoms with van der Waals surface area (Å²) in [5, 5.41) is 4.71. The SMILES string of the molecule is Cc1ccccc1C(=O)N/N=C/c1cc(Br)c(OCc2ccccc2Cl)c(Br)c1. The number of halogens is 3. The molecular weight excluding hydrogens is 520 g/mol. The van der Waals surface area contributed by atoms with Gasteiger partial charge in [0.05, 0.1) is 15.2 Å². The number of hydrogen-bond donors (Lipinski definition) is 1. The number of hydrogen-bond acceptors (Lipinski definition) is 3. The number of nitrogens with zero attached hydrogens (tertiary/aromatic N) is 1. The molecule has 4 nitrogen and oxygen atoms in total. The molecule has 1 amide bonds. The summed E-state index contributed by atoms with van der Waals surface area (Å²) in [5.41, 5.74) is 5.73. The van der Waals surface area contributed by atoms with Crippen LogP contribution in [0.5, 0.6) is 5.75 Å². The van der Waals surface area contributed by atoms with Gasteiger partial charge in [-0.05, 0) is 74.2 Å². The van der Waals surface area contributed by atoms with E-state index in [-0.39, 0.29) is 5.91 Å². The first-order valence-corrected chi connectivity index (χ1v) is 10.7. The Balaban J connectivity index is 1.67. The van der Waals surface area contributed by atoms with Gasteiger partial charge in [-0.25, -0.2) is 5.43 Å². The van der Waals surface area contributed by atoms with Gasteiger partial charge in [0.1, 0.15) is 12.4 Å². The number of aryl methyl sites for hydroxylation is 1. The molecule has 0 spiro atoms. The lowest BCUT2D eigenvalue weighted by atomic mass is 10.1. The number of ether oxygens (including phenoxy) is 1. The van der Waals surface area contributed by atoms with Gasteiger partial charge in [-0.15, -0.1) is 0 Å². The first kappa shape index (κ1) is 21.6. The van der Waals surface area contributed by atoms with E-state index in [2.05, 4.69) is 42.4 Å². The van der Waals surface area contributed by atoms with E-state index in [1.54, 1.807) is 12.3 Å². The normalized spacial score (nSPS) is 10.9. The smallest absolute Gasteiger partial charge is 0.271 e. The molecule has 7 heteroatoms. The molecule has 0 aliphatic heterocycles. The van der Waals surface area contributed by atoms with E-state index in [1.165, 1.54) is 0 Å². The van der Waals surface area contributed by atoms with Crippen molar-refractivity contribution >= 4 is 55.6 Å². The second-order valence-corrected chi connectivity index (χ2v) is 8.32. The lowest BCUT2D eigenvalue weighted by molar-refractivity contribution is 0.0954. The van der Waals surface area contributed by atoms with E-state index >= 15 is 0 Å². The summed E-state index contributed by atoms with van der Waals surface area (Å²) in [7, 11) is 0. The van der Waals surface area contributed by atoms with Crippen molar-refractivity contribution in [1.29, 1.82) is 0 Å². The maximum Gasteiger partial charge on any atom is 0.271 e. The number of nitrogens with one attached hydrogen (secondary N) is 1. The van der Waals surface area contributed by atoms with Crippen molar-refractivity contribution in [2.75, 3.05) is 0 Å². The fraction of sp³-hybridized carbons (Fsp3) is 0.0909. The van der Waals surface area contributed by atoms with Crippen LogP contribution in [0, 0.1) is 6.92 Å². The number of benzene rings is 3. The van der Waals surface area contributed by atoms with Crippen LogP contribution in [0.15, 0.2) is 74.7 Å². The number of rotatable bonds is 6. The third-order valence-electron chi connectivity index (χ3n) is 4.12. The highest BCUT2D eigenvalue weighted by Crippen LogP contribution is 2.35. The summed E-state index contributed by atoms with van der Waals surface area (Å²) in [5.74, 6) is 0.406. The van der Waals surface area contributed by atoms with Gasteiger partial charge >= 0.3 is 0 Å². The molecule has 3 rings (SSSR count). The van der Waals surface area contributed by atoms with E-state index in [9.17, 15) is 4.79 Å². The molecule has 3 aromatic carbocycles. The van der Waals surface area contributed by atoms with Crippen molar-refractivity contribution in [3.8, 4) is 5.75 Å². The molecule has 3 aromatic rings. The second-order valence-electron chi connectivity index (χ2n) is 6.21. The van der Waals surface area contributed by atoms with Crippen molar-refractivity contribution in [3.63, 3.8) is 0 Å². The Hall–Kier alpha value is -2.15. The van der Waals surface area contributed by atoms with Crippen molar-refractivity contribution in [3.05, 3.63) is 96.9 Å². The Labute approximate surface area is 191 Å². The predicted molar refractivity (Wildman–Crippen MR) is 124 cm³/mol. The third kappa shape index (κ3) is 5.69. The van der Waals surface area contributed by atoms with Gasteiger partial charge in [0.25, 0.3) is 5.91 Å². The van der Waals surface area contributed by atoms with Crippen LogP contribution in [-0.4, -0.2) is 12.1 Å². The van der Waals surface area contributed by atoms with E-state index in [0.29, 0.717) is 22.9 Å². The molecule has 0 saturated heterocycles. The predicted octanol–water partition coefficient (Wildman–Crippen LogP) is 6.52. The standard InChI is InChI=1S/C22H17Br2ClN2O2/c1-14-6-2-4-8-17(14)22(28)27-26-12-15-10-18(23)21(19(24)11-15)29-13-16-7-3-5-9-20(16)25/h2-12H,13H2,1H3,(H,27,28)/b26-12+. The molecule has 0 atom stereocenters. The van der Waals surface area contributed by atoms with Crippen molar-refractivity contribution < 1.29 is 9.53 Å². The third-order valence-corrected chi connectivity index (χ3v) is 5.67. The first-order chi connectivity index (χ1) is 14.0. The van der Waals surface area contributed by atoms with E-state index in [0.717, 1.165) is 25.6 Å². The van der Waals surface area contributed by atoms with Crippen LogP contribution in [0.4, 0.5) is 0 Å². The minimum Gasteiger partial charge on any atom is -0.486 e. The van der Waals surface area contributed by atoms with Crippen LogP contribution in [0.3, 0.4) is 0 Å². The van der Waals surface area contributed by atoms with Gasteiger partial charge in [0, 0.05) is 16.1 Å². The zero-order valence-electron chi connectivity index (χ0n) is 15.5. The number of carbonyl (C=O) groups is 1. The van der Waals surface area contributed by atoms with Crippen LogP contribution in [-0.2, 0) is 6.61 Å². The Morgan fingerprint density at radius 1 is 1.10 bits per heavy atom. The lowest BCUT2D eigenvalue weighted by Gasteiger charge is -2.12. The van der Waals surface area contributed by atoms with Crippen LogP contribution >= 0.6 is 43.5 Å². The summed E-state index contributed by atoms with van der Waals surface area (Å²) < 4.78 is 7.42. The van der Waals surface area contributed by atoms with Gasteiger partial charge in [0.15, 0.2) is 0 Å². The molecule has 0 aliphatic carbocycles. The molecule has 0 aromatic heterocycles. The van der Waals surface area contributed by atoms with Gasteiger partial charge in [0.2, 0.25) is 0 Å². The summed E-state index contributed by atoms with van der Waals surface area (Å²) >= 11 is 13.2. The van der Waals surface area contributed by atoms with E-state index < -0.39 is 0 Å². The Kier molecular flexibility index (Phi) is 7.47. The molecule has 0 heterocycles. The largest absolute Gasteiger partial charge is 0.486 e. The molecule has 0 saturated carbocycles. The van der Waals surface area contributed by atoms with Crippen LogP contribution < -0.4 is 10.2 Å². The minimum absolute atomic E-state index is 0.253. The van der Waals surface area contributed by atoms with Crippen molar-refractivity contribution in [1.82, 2.24) is 5.43 Å². The zero-order chi connectivity index (χ0) is 20.8. The second kappa shape index (κ2) is 10.1. The number of carbonyl (C=O) groups excluding carboxylic acids is 1. The van der Waals surface area contributed by atoms with E-state index in [4.69, 9.17) is 16.3 Å². The Morgan fingerprint density at radius 2 is 1.76 bits per heavy atom. The molecule has 0 unspecified atom stereocenters. The molecule has 0 radical (unpaired) electrons. The van der Waals surface area contributed by atoms with Crippen molar-refractivity contribution in [2.45, 2.75) is 13.5 Å². The maximum atomic E-state index is 12.2. The fourth-order valence-corrected chi connectivity index (χ4v) is 4.25. The van der Waals surface area contributed by atoms with Gasteiger partial charge < -0.3 is 4.74 Å². The summed E-state index contributed by atoms with van der Waals surface area (Å²) in [6.07, 6.45) is 1.57. The zero-order valence-corrected chi connectivity index (χ0v) is 19.4. The quantitative estimate of drug-likeness (QED) is 0.288. The molecular formula is C22H17Br2ClN2O2. The maximum absolute atomic E-state index is 12.2. The van der Waals surface area contributed by atoms with Gasteiger partial charge in [-0.1, -0.05) is 48.0 Å². The van der Waals surface area contributed by atoms with Crippen LogP contribution in [0.2, 0.25) is 5.02 Å². The monoisotopic (exact) mass is 534 g/mol. The molecule has 1 N–H and O–H groups in total. The first-order valence-electron chi connectivity index (χ1n) is 8.70. The van der Waals surface area contributed by atoms with Crippen LogP contribution in [0.1, 0.15) is 27.0 Å². The molecule has 148 valence electrons. The molecule has 0 bridgehead atoms. The minimum atomic E-state index is -0.253. The van der Waals surface area contributed by atoms with E-state index in [1.807, 2.05) is 61.5 Å². The van der Waals surface area contributed by atoms with Gasteiger partial charge in [-0.3, -0.25) is 4.79 Å². The number of amides is 1. The average Bonchev–Trinajstić information content (AvgIpc) is 2.69. The summed E-state index contributed by atoms with van der Waals surface area (Å²) in [4.78, 5) is 12.2. The fourth-order valence-electron chi connectivity index (χ4n) is 2.61. The molecule has 29 heavy (non-hydrogen) atoms. The molecule has 0 aliphatic rings. The summed E-state index contributed by atoms with van der Waals surface area (Å²) in [6.45, 7) is 2.23. The van der Waals surface area contributed by atoms with Crippen LogP contribution in [0.25, 0.3) is 0 Å². The van der Waals surface area contributed by atoms with Crippen molar-refractivity contribution in [2.24, 2.45) is 5.10 Å². The highest BCUT2D eigenvalue weighted by Gasteiger charge is 2.10. The summed E-state index contributed by atoms with van der Waals surface area (Å²) in [6, 6.07) is 18.6. The topological polar surface area (TPSA) is 50.7 Å². The molecule has 0 fully saturated rings. The number of hydrazone groups is 1. The average molecular weight is 537 g/mol.